The van der Waals surface area contributed by atoms with Crippen molar-refractivity contribution in [2.24, 2.45) is 5.92 Å². The maximum absolute atomic E-state index is 4.92. The van der Waals surface area contributed by atoms with E-state index in [0.717, 1.165) is 18.0 Å². The lowest BCUT2D eigenvalue weighted by Gasteiger charge is -2.05. The van der Waals surface area contributed by atoms with E-state index >= 15 is 0 Å². The minimum Gasteiger partial charge on any atom is -0.451 e. The Morgan fingerprint density at radius 1 is 1.42 bits per heavy atom. The fourth-order valence-corrected chi connectivity index (χ4v) is 2.01. The molecule has 12 heavy (non-hydrogen) atoms. The largest absolute Gasteiger partial charge is 0.451 e. The summed E-state index contributed by atoms with van der Waals surface area (Å²) in [5.74, 6) is 0.960. The highest BCUT2D eigenvalue weighted by molar-refractivity contribution is 4.91. The van der Waals surface area contributed by atoms with Crippen molar-refractivity contribution in [2.75, 3.05) is 0 Å². The minimum absolute atomic E-state index is 0.960. The van der Waals surface area contributed by atoms with E-state index in [1.54, 1.807) is 6.26 Å². The molecule has 0 N–H and O–H groups in total. The zero-order chi connectivity index (χ0) is 8.23. The molecule has 0 aromatic carbocycles. The molecule has 1 saturated carbocycles. The molecule has 1 heterocycles. The number of aryl methyl sites for hydroxylation is 1. The number of oxazole rings is 1. The predicted molar refractivity (Wildman–Crippen MR) is 46.8 cm³/mol. The summed E-state index contributed by atoms with van der Waals surface area (Å²) in [7, 11) is 0. The maximum atomic E-state index is 4.92. The summed E-state index contributed by atoms with van der Waals surface area (Å²) in [6, 6.07) is 0. The molecule has 2 nitrogen and oxygen atoms in total. The molecule has 1 aliphatic carbocycles. The normalized spacial score (nSPS) is 18.7. The van der Waals surface area contributed by atoms with Crippen molar-refractivity contribution in [3.05, 3.63) is 18.4 Å². The molecule has 0 spiro atoms. The van der Waals surface area contributed by atoms with Gasteiger partial charge in [0.15, 0.2) is 6.39 Å². The average Bonchev–Trinajstić information content (AvgIpc) is 2.74. The zero-order valence-electron chi connectivity index (χ0n) is 7.33. The van der Waals surface area contributed by atoms with Crippen LogP contribution in [-0.4, -0.2) is 4.98 Å². The highest BCUT2D eigenvalue weighted by Gasteiger charge is 2.14. The lowest BCUT2D eigenvalue weighted by molar-refractivity contribution is 0.499. The minimum atomic E-state index is 0.960. The van der Waals surface area contributed by atoms with E-state index in [0.29, 0.717) is 0 Å². The molecule has 0 atom stereocenters. The molecular weight excluding hydrogens is 150 g/mol. The second-order valence-corrected chi connectivity index (χ2v) is 3.67. The summed E-state index contributed by atoms with van der Waals surface area (Å²) in [6.07, 6.45) is 11.4. The Morgan fingerprint density at radius 2 is 2.25 bits per heavy atom. The van der Waals surface area contributed by atoms with Crippen molar-refractivity contribution in [2.45, 2.75) is 38.5 Å². The van der Waals surface area contributed by atoms with Crippen molar-refractivity contribution >= 4 is 0 Å². The van der Waals surface area contributed by atoms with Gasteiger partial charge in [-0.25, -0.2) is 4.98 Å². The van der Waals surface area contributed by atoms with Gasteiger partial charge < -0.3 is 4.42 Å². The van der Waals surface area contributed by atoms with Gasteiger partial charge >= 0.3 is 0 Å². The number of hydrogen-bond donors (Lipinski definition) is 0. The first-order chi connectivity index (χ1) is 5.95. The van der Waals surface area contributed by atoms with Crippen molar-refractivity contribution in [3.63, 3.8) is 0 Å². The van der Waals surface area contributed by atoms with Crippen molar-refractivity contribution in [1.29, 1.82) is 0 Å². The Morgan fingerprint density at radius 3 is 2.92 bits per heavy atom. The molecule has 0 unspecified atom stereocenters. The number of nitrogens with zero attached hydrogens (tertiary/aromatic N) is 1. The van der Waals surface area contributed by atoms with Crippen LogP contribution in [0.4, 0.5) is 0 Å². The van der Waals surface area contributed by atoms with Crippen molar-refractivity contribution < 1.29 is 4.42 Å². The van der Waals surface area contributed by atoms with Crippen molar-refractivity contribution in [1.82, 2.24) is 4.98 Å². The van der Waals surface area contributed by atoms with Gasteiger partial charge in [-0.15, -0.1) is 0 Å². The van der Waals surface area contributed by atoms with Gasteiger partial charge in [-0.3, -0.25) is 0 Å². The molecule has 1 fully saturated rings. The smallest absolute Gasteiger partial charge is 0.180 e. The van der Waals surface area contributed by atoms with Gasteiger partial charge in [-0.1, -0.05) is 25.7 Å². The van der Waals surface area contributed by atoms with Gasteiger partial charge in [0.25, 0.3) is 0 Å². The van der Waals surface area contributed by atoms with E-state index in [9.17, 15) is 0 Å². The molecular formula is C10H15NO. The van der Waals surface area contributed by atoms with Crippen LogP contribution in [0.15, 0.2) is 17.1 Å². The highest BCUT2D eigenvalue weighted by Crippen LogP contribution is 2.28. The summed E-state index contributed by atoms with van der Waals surface area (Å²) in [5, 5.41) is 0. The molecule has 66 valence electrons. The Bertz CT molecular complexity index is 212. The lowest BCUT2D eigenvalue weighted by Crippen LogP contribution is -1.96. The first kappa shape index (κ1) is 7.84. The summed E-state index contributed by atoms with van der Waals surface area (Å²) in [5.41, 5.74) is 1.11. The van der Waals surface area contributed by atoms with Crippen LogP contribution in [0.1, 0.15) is 37.8 Å². The lowest BCUT2D eigenvalue weighted by atomic mass is 10.0. The number of rotatable bonds is 3. The SMILES string of the molecule is c1nc(CCC2CCCC2)co1. The van der Waals surface area contributed by atoms with Crippen LogP contribution in [0.2, 0.25) is 0 Å². The van der Waals surface area contributed by atoms with E-state index in [2.05, 4.69) is 4.98 Å². The molecule has 1 aliphatic rings. The fraction of sp³-hybridized carbons (Fsp3) is 0.700. The summed E-state index contributed by atoms with van der Waals surface area (Å²) in [4.78, 5) is 4.11. The van der Waals surface area contributed by atoms with E-state index < -0.39 is 0 Å². The number of hydrogen-bond acceptors (Lipinski definition) is 2. The summed E-state index contributed by atoms with van der Waals surface area (Å²) >= 11 is 0. The van der Waals surface area contributed by atoms with Gasteiger partial charge in [-0.05, 0) is 18.8 Å². The van der Waals surface area contributed by atoms with Gasteiger partial charge in [0.05, 0.1) is 5.69 Å². The van der Waals surface area contributed by atoms with Crippen LogP contribution in [-0.2, 0) is 6.42 Å². The Balaban J connectivity index is 1.74. The summed E-state index contributed by atoms with van der Waals surface area (Å²) in [6.45, 7) is 0. The van der Waals surface area contributed by atoms with Crippen molar-refractivity contribution in [3.8, 4) is 0 Å². The van der Waals surface area contributed by atoms with E-state index in [-0.39, 0.29) is 0 Å². The molecule has 1 aromatic heterocycles. The van der Waals surface area contributed by atoms with Crippen LogP contribution in [0.25, 0.3) is 0 Å². The molecule has 0 aliphatic heterocycles. The van der Waals surface area contributed by atoms with Gasteiger partial charge in [0.2, 0.25) is 0 Å². The zero-order valence-corrected chi connectivity index (χ0v) is 7.33. The first-order valence-corrected chi connectivity index (χ1v) is 4.82. The Labute approximate surface area is 73.0 Å². The van der Waals surface area contributed by atoms with Gasteiger partial charge in [0, 0.05) is 0 Å². The average molecular weight is 165 g/mol. The molecule has 0 radical (unpaired) electrons. The third kappa shape index (κ3) is 1.87. The molecule has 0 amide bonds. The summed E-state index contributed by atoms with van der Waals surface area (Å²) < 4.78 is 4.92. The second-order valence-electron chi connectivity index (χ2n) is 3.67. The monoisotopic (exact) mass is 165 g/mol. The highest BCUT2D eigenvalue weighted by atomic mass is 16.3. The quantitative estimate of drug-likeness (QED) is 0.688. The third-order valence-corrected chi connectivity index (χ3v) is 2.77. The first-order valence-electron chi connectivity index (χ1n) is 4.82. The number of aromatic nitrogens is 1. The van der Waals surface area contributed by atoms with E-state index in [1.165, 1.54) is 38.5 Å². The molecule has 2 rings (SSSR count). The van der Waals surface area contributed by atoms with Crippen LogP contribution >= 0.6 is 0 Å². The van der Waals surface area contributed by atoms with Gasteiger partial charge in [-0.2, -0.15) is 0 Å². The maximum Gasteiger partial charge on any atom is 0.180 e. The molecule has 2 heteroatoms. The predicted octanol–water partition coefficient (Wildman–Crippen LogP) is 2.80. The molecule has 0 saturated heterocycles. The van der Waals surface area contributed by atoms with E-state index in [4.69, 9.17) is 4.42 Å². The van der Waals surface area contributed by atoms with Crippen LogP contribution < -0.4 is 0 Å². The topological polar surface area (TPSA) is 26.0 Å². The van der Waals surface area contributed by atoms with Crippen LogP contribution in [0.3, 0.4) is 0 Å². The van der Waals surface area contributed by atoms with E-state index in [1.807, 2.05) is 0 Å². The fourth-order valence-electron chi connectivity index (χ4n) is 2.01. The molecule has 1 aromatic rings. The standard InChI is InChI=1S/C10H15NO/c1-2-4-9(3-1)5-6-10-7-12-8-11-10/h7-9H,1-6H2. The third-order valence-electron chi connectivity index (χ3n) is 2.77. The van der Waals surface area contributed by atoms with Crippen LogP contribution in [0.5, 0.6) is 0 Å². The molecule has 0 bridgehead atoms. The van der Waals surface area contributed by atoms with Crippen LogP contribution in [0, 0.1) is 5.92 Å². The second kappa shape index (κ2) is 3.74. The Hall–Kier alpha value is -0.790. The Kier molecular flexibility index (Phi) is 2.45. The van der Waals surface area contributed by atoms with Gasteiger partial charge in [0.1, 0.15) is 6.26 Å².